The van der Waals surface area contributed by atoms with E-state index in [2.05, 4.69) is 11.9 Å². The van der Waals surface area contributed by atoms with Crippen LogP contribution in [0.2, 0.25) is 0 Å². The number of hydrogen-bond donors (Lipinski definition) is 2. The van der Waals surface area contributed by atoms with Crippen molar-refractivity contribution in [2.45, 2.75) is 52.2 Å². The Morgan fingerprint density at radius 1 is 1.44 bits per heavy atom. The number of rotatable bonds is 6. The van der Waals surface area contributed by atoms with Crippen molar-refractivity contribution in [1.82, 2.24) is 5.32 Å². The Hall–Kier alpha value is -1.52. The first kappa shape index (κ1) is 16.5. The summed E-state index contributed by atoms with van der Waals surface area (Å²) in [5, 5.41) is 11.5. The first-order valence-electron chi connectivity index (χ1n) is 6.06. The Balaban J connectivity index is 4.67. The van der Waals surface area contributed by atoms with Gasteiger partial charge in [0.25, 0.3) is 0 Å². The number of hydrogen-bond acceptors (Lipinski definition) is 3. The summed E-state index contributed by atoms with van der Waals surface area (Å²) in [4.78, 5) is 22.7. The fraction of sp³-hybridized carbons (Fsp3) is 0.692. The van der Waals surface area contributed by atoms with E-state index in [0.717, 1.165) is 6.42 Å². The lowest BCUT2D eigenvalue weighted by molar-refractivity contribution is -0.140. The van der Waals surface area contributed by atoms with Crippen LogP contribution in [0.1, 0.15) is 40.5 Å². The van der Waals surface area contributed by atoms with Crippen molar-refractivity contribution in [3.8, 4) is 0 Å². The monoisotopic (exact) mass is 257 g/mol. The van der Waals surface area contributed by atoms with E-state index in [1.165, 1.54) is 0 Å². The summed E-state index contributed by atoms with van der Waals surface area (Å²) >= 11 is 0. The van der Waals surface area contributed by atoms with Gasteiger partial charge in [0.2, 0.25) is 0 Å². The second kappa shape index (κ2) is 7.03. The predicted molar refractivity (Wildman–Crippen MR) is 69.4 cm³/mol. The van der Waals surface area contributed by atoms with Crippen LogP contribution in [0.4, 0.5) is 4.79 Å². The zero-order chi connectivity index (χ0) is 14.3. The SMILES string of the molecule is C=C[C@H](CCC)[C@@H](NC(=O)OC(C)(C)C)C(=O)O. The maximum absolute atomic E-state index is 11.6. The summed E-state index contributed by atoms with van der Waals surface area (Å²) in [6, 6.07) is -1.00. The highest BCUT2D eigenvalue weighted by Gasteiger charge is 2.29. The summed E-state index contributed by atoms with van der Waals surface area (Å²) in [6.07, 6.45) is 2.30. The number of amides is 1. The number of carboxylic acids is 1. The van der Waals surface area contributed by atoms with Gasteiger partial charge in [0.05, 0.1) is 0 Å². The van der Waals surface area contributed by atoms with Gasteiger partial charge in [0.15, 0.2) is 0 Å². The molecular formula is C13H23NO4. The topological polar surface area (TPSA) is 75.6 Å². The molecule has 0 bridgehead atoms. The maximum atomic E-state index is 11.6. The van der Waals surface area contributed by atoms with Gasteiger partial charge in [-0.3, -0.25) is 0 Å². The van der Waals surface area contributed by atoms with Gasteiger partial charge in [0, 0.05) is 5.92 Å². The van der Waals surface area contributed by atoms with Gasteiger partial charge in [0.1, 0.15) is 11.6 Å². The molecule has 5 heteroatoms. The normalized spacial score (nSPS) is 14.4. The molecule has 0 fully saturated rings. The van der Waals surface area contributed by atoms with E-state index in [-0.39, 0.29) is 5.92 Å². The van der Waals surface area contributed by atoms with Gasteiger partial charge in [-0.1, -0.05) is 19.4 Å². The highest BCUT2D eigenvalue weighted by Crippen LogP contribution is 2.14. The maximum Gasteiger partial charge on any atom is 0.408 e. The lowest BCUT2D eigenvalue weighted by atomic mass is 9.95. The Bertz CT molecular complexity index is 307. The van der Waals surface area contributed by atoms with Crippen molar-refractivity contribution in [2.75, 3.05) is 0 Å². The molecule has 0 aliphatic heterocycles. The molecule has 0 unspecified atom stereocenters. The first-order valence-corrected chi connectivity index (χ1v) is 6.06. The molecule has 2 N–H and O–H groups in total. The van der Waals surface area contributed by atoms with E-state index < -0.39 is 23.7 Å². The largest absolute Gasteiger partial charge is 0.480 e. The fourth-order valence-electron chi connectivity index (χ4n) is 1.54. The van der Waals surface area contributed by atoms with Crippen LogP contribution in [-0.4, -0.2) is 28.8 Å². The number of carbonyl (C=O) groups excluding carboxylic acids is 1. The Kier molecular flexibility index (Phi) is 6.44. The molecule has 0 spiro atoms. The Labute approximate surface area is 108 Å². The second-order valence-electron chi connectivity index (χ2n) is 5.15. The Morgan fingerprint density at radius 3 is 2.33 bits per heavy atom. The third-order valence-corrected chi connectivity index (χ3v) is 2.29. The van der Waals surface area contributed by atoms with Crippen LogP contribution >= 0.6 is 0 Å². The van der Waals surface area contributed by atoms with E-state index >= 15 is 0 Å². The third-order valence-electron chi connectivity index (χ3n) is 2.29. The summed E-state index contributed by atoms with van der Waals surface area (Å²) in [7, 11) is 0. The molecule has 0 aliphatic carbocycles. The Morgan fingerprint density at radius 2 is 2.00 bits per heavy atom. The summed E-state index contributed by atoms with van der Waals surface area (Å²) in [6.45, 7) is 10.7. The fourth-order valence-corrected chi connectivity index (χ4v) is 1.54. The van der Waals surface area contributed by atoms with Gasteiger partial charge in [-0.2, -0.15) is 0 Å². The van der Waals surface area contributed by atoms with E-state index in [1.54, 1.807) is 26.8 Å². The average Bonchev–Trinajstić information content (AvgIpc) is 2.20. The average molecular weight is 257 g/mol. The van der Waals surface area contributed by atoms with Crippen LogP contribution < -0.4 is 5.32 Å². The van der Waals surface area contributed by atoms with Crippen LogP contribution in [0, 0.1) is 5.92 Å². The number of nitrogens with one attached hydrogen (secondary N) is 1. The molecule has 0 aromatic carbocycles. The highest BCUT2D eigenvalue weighted by molar-refractivity contribution is 5.80. The van der Waals surface area contributed by atoms with E-state index in [0.29, 0.717) is 6.42 Å². The standard InChI is InChI=1S/C13H23NO4/c1-6-8-9(7-2)10(11(15)16)14-12(17)18-13(3,4)5/h7,9-10H,2,6,8H2,1,3-5H3,(H,14,17)(H,15,16)/t9-,10-/m1/s1. The molecule has 1 amide bonds. The number of aliphatic carboxylic acids is 1. The van der Waals surface area contributed by atoms with Crippen LogP contribution in [0.15, 0.2) is 12.7 Å². The number of alkyl carbamates (subject to hydrolysis) is 1. The van der Waals surface area contributed by atoms with Gasteiger partial charge < -0.3 is 15.2 Å². The van der Waals surface area contributed by atoms with E-state index in [1.807, 2.05) is 6.92 Å². The predicted octanol–water partition coefficient (Wildman–Crippen LogP) is 2.57. The number of ether oxygens (including phenoxy) is 1. The lowest BCUT2D eigenvalue weighted by Gasteiger charge is -2.25. The molecule has 5 nitrogen and oxygen atoms in total. The third kappa shape index (κ3) is 6.27. The zero-order valence-corrected chi connectivity index (χ0v) is 11.5. The molecule has 0 rings (SSSR count). The van der Waals surface area contributed by atoms with Crippen LogP contribution in [0.25, 0.3) is 0 Å². The summed E-state index contributed by atoms with van der Waals surface area (Å²) in [5.41, 5.74) is -0.651. The molecule has 104 valence electrons. The van der Waals surface area contributed by atoms with E-state index in [4.69, 9.17) is 9.84 Å². The number of carbonyl (C=O) groups is 2. The molecule has 0 heterocycles. The van der Waals surface area contributed by atoms with Gasteiger partial charge in [-0.05, 0) is 27.2 Å². The minimum absolute atomic E-state index is 0.306. The zero-order valence-electron chi connectivity index (χ0n) is 11.5. The summed E-state index contributed by atoms with van der Waals surface area (Å²) < 4.78 is 5.04. The van der Waals surface area contributed by atoms with Crippen molar-refractivity contribution < 1.29 is 19.4 Å². The minimum atomic E-state index is -1.08. The molecule has 18 heavy (non-hydrogen) atoms. The lowest BCUT2D eigenvalue weighted by Crippen LogP contribution is -2.47. The molecule has 0 radical (unpaired) electrons. The smallest absolute Gasteiger partial charge is 0.408 e. The van der Waals surface area contributed by atoms with Gasteiger partial charge >= 0.3 is 12.1 Å². The van der Waals surface area contributed by atoms with Crippen LogP contribution in [-0.2, 0) is 9.53 Å². The molecule has 0 aromatic heterocycles. The molecule has 0 saturated heterocycles. The molecule has 0 aliphatic rings. The second-order valence-corrected chi connectivity index (χ2v) is 5.15. The quantitative estimate of drug-likeness (QED) is 0.717. The van der Waals surface area contributed by atoms with Crippen LogP contribution in [0.3, 0.4) is 0 Å². The minimum Gasteiger partial charge on any atom is -0.480 e. The molecule has 2 atom stereocenters. The van der Waals surface area contributed by atoms with Gasteiger partial charge in [-0.25, -0.2) is 9.59 Å². The van der Waals surface area contributed by atoms with Gasteiger partial charge in [-0.15, -0.1) is 6.58 Å². The van der Waals surface area contributed by atoms with E-state index in [9.17, 15) is 9.59 Å². The highest BCUT2D eigenvalue weighted by atomic mass is 16.6. The van der Waals surface area contributed by atoms with Crippen molar-refractivity contribution in [3.63, 3.8) is 0 Å². The summed E-state index contributed by atoms with van der Waals surface area (Å²) in [5.74, 6) is -1.39. The van der Waals surface area contributed by atoms with Crippen molar-refractivity contribution in [3.05, 3.63) is 12.7 Å². The molecule has 0 aromatic rings. The van der Waals surface area contributed by atoms with Crippen molar-refractivity contribution >= 4 is 12.1 Å². The van der Waals surface area contributed by atoms with Crippen molar-refractivity contribution in [2.24, 2.45) is 5.92 Å². The van der Waals surface area contributed by atoms with Crippen molar-refractivity contribution in [1.29, 1.82) is 0 Å². The number of carboxylic acid groups (broad SMARTS) is 1. The van der Waals surface area contributed by atoms with Crippen LogP contribution in [0.5, 0.6) is 0 Å². The molecule has 0 saturated carbocycles. The molecular weight excluding hydrogens is 234 g/mol. The first-order chi connectivity index (χ1) is 8.21.